The van der Waals surface area contributed by atoms with Crippen LogP contribution in [0.4, 0.5) is 0 Å². The molecule has 0 unspecified atom stereocenters. The SMILES string of the molecule is CC(C)OCc1c(-c2cc[nH]c(=O)c2COC(C)C)cc[nH]c1=O. The summed E-state index contributed by atoms with van der Waals surface area (Å²) < 4.78 is 11.2. The normalized spacial score (nSPS) is 11.4. The number of hydrogen-bond acceptors (Lipinski definition) is 4. The Morgan fingerprint density at radius 2 is 1.17 bits per heavy atom. The van der Waals surface area contributed by atoms with Gasteiger partial charge >= 0.3 is 0 Å². The summed E-state index contributed by atoms with van der Waals surface area (Å²) in [5.74, 6) is 0. The zero-order valence-corrected chi connectivity index (χ0v) is 14.5. The van der Waals surface area contributed by atoms with E-state index < -0.39 is 0 Å². The quantitative estimate of drug-likeness (QED) is 0.816. The predicted octanol–water partition coefficient (Wildman–Crippen LogP) is 2.58. The van der Waals surface area contributed by atoms with Crippen molar-refractivity contribution in [1.29, 1.82) is 0 Å². The van der Waals surface area contributed by atoms with Crippen LogP contribution in [0.15, 0.2) is 34.1 Å². The highest BCUT2D eigenvalue weighted by Gasteiger charge is 2.16. The van der Waals surface area contributed by atoms with Crippen molar-refractivity contribution < 1.29 is 9.47 Å². The van der Waals surface area contributed by atoms with Crippen LogP contribution >= 0.6 is 0 Å². The molecule has 2 aromatic rings. The van der Waals surface area contributed by atoms with Crippen LogP contribution in [0.25, 0.3) is 11.1 Å². The van der Waals surface area contributed by atoms with Crippen LogP contribution in [0.2, 0.25) is 0 Å². The summed E-state index contributed by atoms with van der Waals surface area (Å²) in [5.41, 5.74) is 1.94. The lowest BCUT2D eigenvalue weighted by Crippen LogP contribution is -2.20. The van der Waals surface area contributed by atoms with Gasteiger partial charge in [-0.25, -0.2) is 0 Å². The summed E-state index contributed by atoms with van der Waals surface area (Å²) in [6.45, 7) is 8.00. The lowest BCUT2D eigenvalue weighted by atomic mass is 9.98. The molecule has 2 aromatic heterocycles. The molecule has 130 valence electrons. The fraction of sp³-hybridized carbons (Fsp3) is 0.444. The van der Waals surface area contributed by atoms with E-state index in [1.54, 1.807) is 24.5 Å². The summed E-state index contributed by atoms with van der Waals surface area (Å²) in [5, 5.41) is 0. The summed E-state index contributed by atoms with van der Waals surface area (Å²) in [4.78, 5) is 29.8. The maximum absolute atomic E-state index is 12.2. The zero-order valence-electron chi connectivity index (χ0n) is 14.5. The number of aromatic nitrogens is 2. The van der Waals surface area contributed by atoms with Gasteiger partial charge in [0.15, 0.2) is 0 Å². The lowest BCUT2D eigenvalue weighted by molar-refractivity contribution is 0.0642. The van der Waals surface area contributed by atoms with Gasteiger partial charge < -0.3 is 19.4 Å². The summed E-state index contributed by atoms with van der Waals surface area (Å²) >= 11 is 0. The molecule has 0 aliphatic heterocycles. The van der Waals surface area contributed by atoms with Crippen molar-refractivity contribution >= 4 is 0 Å². The minimum Gasteiger partial charge on any atom is -0.374 e. The molecule has 0 aromatic carbocycles. The van der Waals surface area contributed by atoms with Gasteiger partial charge in [-0.1, -0.05) is 0 Å². The van der Waals surface area contributed by atoms with Crippen molar-refractivity contribution in [2.24, 2.45) is 0 Å². The molecule has 6 heteroatoms. The van der Waals surface area contributed by atoms with Crippen LogP contribution in [-0.4, -0.2) is 22.2 Å². The van der Waals surface area contributed by atoms with Gasteiger partial charge in [-0.15, -0.1) is 0 Å². The number of aromatic amines is 2. The lowest BCUT2D eigenvalue weighted by Gasteiger charge is -2.15. The van der Waals surface area contributed by atoms with E-state index in [0.29, 0.717) is 22.3 Å². The minimum absolute atomic E-state index is 0.000349. The van der Waals surface area contributed by atoms with E-state index in [0.717, 1.165) is 0 Å². The second-order valence-electron chi connectivity index (χ2n) is 6.12. The number of hydrogen-bond donors (Lipinski definition) is 2. The molecule has 0 aliphatic carbocycles. The highest BCUT2D eigenvalue weighted by Crippen LogP contribution is 2.24. The monoisotopic (exact) mass is 332 g/mol. The Balaban J connectivity index is 2.52. The molecule has 2 N–H and O–H groups in total. The summed E-state index contributed by atoms with van der Waals surface area (Å²) in [7, 11) is 0. The maximum Gasteiger partial charge on any atom is 0.254 e. The number of H-pyrrole nitrogens is 2. The molecule has 2 rings (SSSR count). The molecule has 0 fully saturated rings. The van der Waals surface area contributed by atoms with Crippen molar-refractivity contribution in [2.75, 3.05) is 0 Å². The molecule has 0 saturated carbocycles. The van der Waals surface area contributed by atoms with Crippen LogP contribution in [0.3, 0.4) is 0 Å². The van der Waals surface area contributed by atoms with Crippen LogP contribution in [0.5, 0.6) is 0 Å². The highest BCUT2D eigenvalue weighted by atomic mass is 16.5. The van der Waals surface area contributed by atoms with E-state index in [1.807, 2.05) is 27.7 Å². The molecule has 0 amide bonds. The average Bonchev–Trinajstić information content (AvgIpc) is 2.51. The van der Waals surface area contributed by atoms with Gasteiger partial charge in [0.1, 0.15) is 0 Å². The van der Waals surface area contributed by atoms with Gasteiger partial charge in [0, 0.05) is 12.4 Å². The van der Waals surface area contributed by atoms with Crippen LogP contribution in [0.1, 0.15) is 38.8 Å². The fourth-order valence-corrected chi connectivity index (χ4v) is 2.31. The third-order valence-corrected chi connectivity index (χ3v) is 3.54. The number of ether oxygens (including phenoxy) is 2. The van der Waals surface area contributed by atoms with E-state index in [1.165, 1.54) is 0 Å². The third-order valence-electron chi connectivity index (χ3n) is 3.54. The van der Waals surface area contributed by atoms with E-state index >= 15 is 0 Å². The molecule has 2 heterocycles. The summed E-state index contributed by atoms with van der Waals surface area (Å²) in [6.07, 6.45) is 3.15. The highest BCUT2D eigenvalue weighted by molar-refractivity contribution is 5.69. The zero-order chi connectivity index (χ0) is 17.7. The maximum atomic E-state index is 12.2. The van der Waals surface area contributed by atoms with Crippen molar-refractivity contribution in [3.05, 3.63) is 56.4 Å². The third kappa shape index (κ3) is 4.43. The second kappa shape index (κ2) is 8.08. The Bertz CT molecular complexity index is 723. The van der Waals surface area contributed by atoms with Crippen molar-refractivity contribution in [2.45, 2.75) is 53.1 Å². The Kier molecular flexibility index (Phi) is 6.11. The first kappa shape index (κ1) is 18.2. The first-order valence-corrected chi connectivity index (χ1v) is 8.04. The first-order chi connectivity index (χ1) is 11.4. The molecule has 0 aliphatic rings. The Labute approximate surface area is 140 Å². The van der Waals surface area contributed by atoms with Crippen molar-refractivity contribution in [1.82, 2.24) is 9.97 Å². The number of nitrogens with one attached hydrogen (secondary N) is 2. The van der Waals surface area contributed by atoms with Crippen LogP contribution < -0.4 is 11.1 Å². The fourth-order valence-electron chi connectivity index (χ4n) is 2.31. The van der Waals surface area contributed by atoms with Crippen molar-refractivity contribution in [3.8, 4) is 11.1 Å². The minimum atomic E-state index is -0.218. The van der Waals surface area contributed by atoms with Gasteiger partial charge in [-0.3, -0.25) is 9.59 Å². The Morgan fingerprint density at radius 1 is 0.792 bits per heavy atom. The molecule has 0 bridgehead atoms. The van der Waals surface area contributed by atoms with E-state index in [9.17, 15) is 9.59 Å². The second-order valence-corrected chi connectivity index (χ2v) is 6.12. The van der Waals surface area contributed by atoms with Crippen LogP contribution in [0, 0.1) is 0 Å². The van der Waals surface area contributed by atoms with Gasteiger partial charge in [-0.2, -0.15) is 0 Å². The largest absolute Gasteiger partial charge is 0.374 e. The summed E-state index contributed by atoms with van der Waals surface area (Å²) in [6, 6.07) is 3.57. The number of rotatable bonds is 7. The number of pyridine rings is 2. The molecule has 24 heavy (non-hydrogen) atoms. The van der Waals surface area contributed by atoms with Crippen molar-refractivity contribution in [3.63, 3.8) is 0 Å². The molecular weight excluding hydrogens is 308 g/mol. The smallest absolute Gasteiger partial charge is 0.254 e. The molecule has 0 atom stereocenters. The molecule has 0 radical (unpaired) electrons. The topological polar surface area (TPSA) is 84.2 Å². The standard InChI is InChI=1S/C18H24N2O4/c1-11(2)23-9-15-13(5-7-19-17(15)21)14-6-8-20-18(22)16(14)10-24-12(3)4/h5-8,11-12H,9-10H2,1-4H3,(H,19,21)(H,20,22). The van der Waals surface area contributed by atoms with Gasteiger partial charge in [0.2, 0.25) is 0 Å². The van der Waals surface area contributed by atoms with E-state index in [4.69, 9.17) is 9.47 Å². The van der Waals surface area contributed by atoms with Gasteiger partial charge in [0.25, 0.3) is 11.1 Å². The molecular formula is C18H24N2O4. The van der Waals surface area contributed by atoms with E-state index in [2.05, 4.69) is 9.97 Å². The average molecular weight is 332 g/mol. The van der Waals surface area contributed by atoms with E-state index in [-0.39, 0.29) is 36.5 Å². The predicted molar refractivity (Wildman–Crippen MR) is 93.0 cm³/mol. The molecule has 6 nitrogen and oxygen atoms in total. The molecule has 0 saturated heterocycles. The molecule has 0 spiro atoms. The van der Waals surface area contributed by atoms with Crippen LogP contribution in [-0.2, 0) is 22.7 Å². The Hall–Kier alpha value is -2.18. The first-order valence-electron chi connectivity index (χ1n) is 8.04. The Morgan fingerprint density at radius 3 is 1.50 bits per heavy atom. The van der Waals surface area contributed by atoms with Gasteiger partial charge in [-0.05, 0) is 51.0 Å². The van der Waals surface area contributed by atoms with Gasteiger partial charge in [0.05, 0.1) is 36.5 Å².